The number of nitrogens with one attached hydrogen (secondary N) is 1. The molecule has 0 aliphatic carbocycles. The van der Waals surface area contributed by atoms with Crippen LogP contribution in [0.4, 0.5) is 5.69 Å². The number of nitrogens with zero attached hydrogens (tertiary/aromatic N) is 1. The van der Waals surface area contributed by atoms with Gasteiger partial charge in [-0.2, -0.15) is 0 Å². The van der Waals surface area contributed by atoms with Crippen molar-refractivity contribution in [3.63, 3.8) is 0 Å². The van der Waals surface area contributed by atoms with E-state index in [0.717, 1.165) is 11.3 Å². The van der Waals surface area contributed by atoms with Gasteiger partial charge in [-0.1, -0.05) is 12.1 Å². The number of methoxy groups -OCH3 is 1. The van der Waals surface area contributed by atoms with E-state index in [-0.39, 0.29) is 5.91 Å². The van der Waals surface area contributed by atoms with Gasteiger partial charge in [0.05, 0.1) is 18.3 Å². The Hall–Kier alpha value is -2.56. The number of carbonyl (C=O) groups is 2. The second-order valence-electron chi connectivity index (χ2n) is 4.99. The monoisotopic (exact) mass is 286 g/mol. The summed E-state index contributed by atoms with van der Waals surface area (Å²) >= 11 is 0. The molecule has 1 aromatic rings. The Bertz CT molecular complexity index is 640. The lowest BCUT2D eigenvalue weighted by atomic mass is 10.0. The summed E-state index contributed by atoms with van der Waals surface area (Å²) in [6, 6.07) is 7.71. The molecule has 1 N–H and O–H groups in total. The van der Waals surface area contributed by atoms with E-state index in [0.29, 0.717) is 16.8 Å². The lowest BCUT2D eigenvalue weighted by Crippen LogP contribution is -2.15. The molecule has 0 aromatic heterocycles. The van der Waals surface area contributed by atoms with Gasteiger partial charge in [-0.3, -0.25) is 4.79 Å². The summed E-state index contributed by atoms with van der Waals surface area (Å²) in [4.78, 5) is 25.7. The predicted molar refractivity (Wildman–Crippen MR) is 81.6 cm³/mol. The SMILES string of the molecule is COC(=O)C1=C(C)NC(=O)C1=Cc1ccc(N(C)C)cc1. The number of anilines is 1. The Morgan fingerprint density at radius 3 is 2.38 bits per heavy atom. The second kappa shape index (κ2) is 5.83. The van der Waals surface area contributed by atoms with Gasteiger partial charge in [0, 0.05) is 25.5 Å². The molecular formula is C16H18N2O3. The van der Waals surface area contributed by atoms with E-state index in [1.807, 2.05) is 43.3 Å². The number of hydrogen-bond donors (Lipinski definition) is 1. The summed E-state index contributed by atoms with van der Waals surface area (Å²) in [6.07, 6.45) is 1.69. The number of esters is 1. The van der Waals surface area contributed by atoms with Crippen LogP contribution in [-0.4, -0.2) is 33.1 Å². The predicted octanol–water partition coefficient (Wildman–Crippen LogP) is 1.71. The second-order valence-corrected chi connectivity index (χ2v) is 4.99. The topological polar surface area (TPSA) is 58.6 Å². The minimum Gasteiger partial charge on any atom is -0.465 e. The van der Waals surface area contributed by atoms with Crippen molar-refractivity contribution in [2.45, 2.75) is 6.92 Å². The highest BCUT2D eigenvalue weighted by atomic mass is 16.5. The molecule has 1 heterocycles. The molecule has 0 saturated heterocycles. The van der Waals surface area contributed by atoms with Gasteiger partial charge in [0.25, 0.3) is 5.91 Å². The third kappa shape index (κ3) is 2.97. The Labute approximate surface area is 123 Å². The summed E-state index contributed by atoms with van der Waals surface area (Å²) in [5.41, 5.74) is 3.05. The van der Waals surface area contributed by atoms with E-state index in [9.17, 15) is 9.59 Å². The van der Waals surface area contributed by atoms with E-state index in [1.54, 1.807) is 13.0 Å². The number of allylic oxidation sites excluding steroid dienone is 1. The average molecular weight is 286 g/mol. The number of rotatable bonds is 3. The van der Waals surface area contributed by atoms with Crippen molar-refractivity contribution in [2.24, 2.45) is 0 Å². The van der Waals surface area contributed by atoms with Gasteiger partial charge in [-0.15, -0.1) is 0 Å². The van der Waals surface area contributed by atoms with Crippen LogP contribution in [-0.2, 0) is 14.3 Å². The summed E-state index contributed by atoms with van der Waals surface area (Å²) in [5.74, 6) is -0.799. The first kappa shape index (κ1) is 14.8. The van der Waals surface area contributed by atoms with Crippen molar-refractivity contribution in [3.8, 4) is 0 Å². The fraction of sp³-hybridized carbons (Fsp3) is 0.250. The summed E-state index contributed by atoms with van der Waals surface area (Å²) in [7, 11) is 5.22. The van der Waals surface area contributed by atoms with Crippen molar-refractivity contribution in [1.82, 2.24) is 5.32 Å². The first-order valence-corrected chi connectivity index (χ1v) is 6.54. The van der Waals surface area contributed by atoms with Gasteiger partial charge in [-0.25, -0.2) is 4.79 Å². The number of benzene rings is 1. The standard InChI is InChI=1S/C16H18N2O3/c1-10-14(16(20)21-4)13(15(19)17-10)9-11-5-7-12(8-6-11)18(2)3/h5-9H,1-4H3,(H,17,19). The van der Waals surface area contributed by atoms with Gasteiger partial charge in [-0.05, 0) is 30.7 Å². The summed E-state index contributed by atoms with van der Waals surface area (Å²) in [5, 5.41) is 2.65. The Kier molecular flexibility index (Phi) is 4.12. The van der Waals surface area contributed by atoms with Gasteiger partial charge in [0.2, 0.25) is 0 Å². The zero-order valence-corrected chi connectivity index (χ0v) is 12.6. The van der Waals surface area contributed by atoms with E-state index in [4.69, 9.17) is 4.74 Å². The van der Waals surface area contributed by atoms with E-state index in [1.165, 1.54) is 7.11 Å². The van der Waals surface area contributed by atoms with E-state index in [2.05, 4.69) is 5.32 Å². The van der Waals surface area contributed by atoms with Crippen LogP contribution in [0.25, 0.3) is 6.08 Å². The Morgan fingerprint density at radius 1 is 1.24 bits per heavy atom. The van der Waals surface area contributed by atoms with Gasteiger partial charge >= 0.3 is 5.97 Å². The molecule has 1 aliphatic heterocycles. The number of amides is 1. The summed E-state index contributed by atoms with van der Waals surface area (Å²) < 4.78 is 4.73. The number of carbonyl (C=O) groups excluding carboxylic acids is 2. The van der Waals surface area contributed by atoms with Crippen LogP contribution in [0.3, 0.4) is 0 Å². The molecule has 1 aromatic carbocycles. The third-order valence-corrected chi connectivity index (χ3v) is 3.30. The molecule has 0 bridgehead atoms. The van der Waals surface area contributed by atoms with Crippen molar-refractivity contribution >= 4 is 23.6 Å². The van der Waals surface area contributed by atoms with Crippen molar-refractivity contribution < 1.29 is 14.3 Å². The highest BCUT2D eigenvalue weighted by Gasteiger charge is 2.30. The molecule has 1 amide bonds. The lowest BCUT2D eigenvalue weighted by molar-refractivity contribution is -0.136. The average Bonchev–Trinajstić information content (AvgIpc) is 2.73. The fourth-order valence-corrected chi connectivity index (χ4v) is 2.15. The minimum atomic E-state index is -0.512. The highest BCUT2D eigenvalue weighted by Crippen LogP contribution is 2.25. The molecule has 0 fully saturated rings. The maximum Gasteiger partial charge on any atom is 0.340 e. The highest BCUT2D eigenvalue weighted by molar-refractivity contribution is 6.16. The smallest absolute Gasteiger partial charge is 0.340 e. The van der Waals surface area contributed by atoms with Crippen molar-refractivity contribution in [3.05, 3.63) is 46.7 Å². The molecule has 1 aliphatic rings. The number of hydrogen-bond acceptors (Lipinski definition) is 4. The van der Waals surface area contributed by atoms with Crippen LogP contribution in [0.5, 0.6) is 0 Å². The van der Waals surface area contributed by atoms with Crippen molar-refractivity contribution in [2.75, 3.05) is 26.1 Å². The lowest BCUT2D eigenvalue weighted by Gasteiger charge is -2.12. The van der Waals surface area contributed by atoms with E-state index >= 15 is 0 Å². The van der Waals surface area contributed by atoms with Crippen LogP contribution in [0.1, 0.15) is 12.5 Å². The van der Waals surface area contributed by atoms with Crippen LogP contribution >= 0.6 is 0 Å². The van der Waals surface area contributed by atoms with Crippen LogP contribution in [0.2, 0.25) is 0 Å². The first-order valence-electron chi connectivity index (χ1n) is 6.54. The van der Waals surface area contributed by atoms with Crippen molar-refractivity contribution in [1.29, 1.82) is 0 Å². The molecule has 0 radical (unpaired) electrons. The third-order valence-electron chi connectivity index (χ3n) is 3.30. The van der Waals surface area contributed by atoms with Crippen LogP contribution in [0.15, 0.2) is 41.1 Å². The zero-order valence-electron chi connectivity index (χ0n) is 12.6. The maximum absolute atomic E-state index is 12.0. The normalized spacial score (nSPS) is 16.2. The van der Waals surface area contributed by atoms with Gasteiger partial charge in [0.15, 0.2) is 0 Å². The molecule has 5 nitrogen and oxygen atoms in total. The van der Waals surface area contributed by atoms with Gasteiger partial charge in [0.1, 0.15) is 0 Å². The molecule has 5 heteroatoms. The molecule has 0 atom stereocenters. The molecule has 2 rings (SSSR count). The van der Waals surface area contributed by atoms with Gasteiger partial charge < -0.3 is 15.0 Å². The maximum atomic E-state index is 12.0. The Morgan fingerprint density at radius 2 is 1.86 bits per heavy atom. The zero-order chi connectivity index (χ0) is 15.6. The first-order chi connectivity index (χ1) is 9.93. The Balaban J connectivity index is 2.38. The quantitative estimate of drug-likeness (QED) is 0.679. The van der Waals surface area contributed by atoms with Crippen LogP contribution in [0, 0.1) is 0 Å². The number of ether oxygens (including phenoxy) is 1. The minimum absolute atomic E-state index is 0.287. The molecule has 0 spiro atoms. The van der Waals surface area contributed by atoms with E-state index < -0.39 is 5.97 Å². The molecule has 0 unspecified atom stereocenters. The molecular weight excluding hydrogens is 268 g/mol. The summed E-state index contributed by atoms with van der Waals surface area (Å²) in [6.45, 7) is 1.68. The largest absolute Gasteiger partial charge is 0.465 e. The molecule has 110 valence electrons. The fourth-order valence-electron chi connectivity index (χ4n) is 2.15. The molecule has 0 saturated carbocycles. The molecule has 21 heavy (non-hydrogen) atoms. The van der Waals surface area contributed by atoms with Crippen LogP contribution < -0.4 is 10.2 Å².